The van der Waals surface area contributed by atoms with Gasteiger partial charge in [-0.2, -0.15) is 4.98 Å². The molecule has 1 aliphatic rings. The quantitative estimate of drug-likeness (QED) is 0.642. The standard InChI is InChI=1S/C21H20FN3O3/c1-2-27-18-10-6-4-8-15(18)20-23-21(28-24-20)17-11-12-19(26)25(17)13-14-7-3-5-9-16(14)22/h3-10,17H,2,11-13H2,1H3. The maximum atomic E-state index is 14.0. The molecule has 1 unspecified atom stereocenters. The molecule has 2 heterocycles. The van der Waals surface area contributed by atoms with Gasteiger partial charge in [-0.25, -0.2) is 4.39 Å². The number of rotatable bonds is 6. The summed E-state index contributed by atoms with van der Waals surface area (Å²) in [4.78, 5) is 18.5. The monoisotopic (exact) mass is 381 g/mol. The summed E-state index contributed by atoms with van der Waals surface area (Å²) < 4.78 is 25.1. The second-order valence-electron chi connectivity index (χ2n) is 6.55. The van der Waals surface area contributed by atoms with Gasteiger partial charge in [0.2, 0.25) is 17.6 Å². The number of nitrogens with zero attached hydrogens (tertiary/aromatic N) is 3. The second-order valence-corrected chi connectivity index (χ2v) is 6.55. The Balaban J connectivity index is 1.61. The molecule has 3 aromatic rings. The van der Waals surface area contributed by atoms with Crippen molar-refractivity contribution in [2.75, 3.05) is 6.61 Å². The molecule has 144 valence electrons. The Kier molecular flexibility index (Phi) is 5.06. The van der Waals surface area contributed by atoms with Crippen molar-refractivity contribution in [1.82, 2.24) is 15.0 Å². The Hall–Kier alpha value is -3.22. The van der Waals surface area contributed by atoms with Crippen LogP contribution in [0.2, 0.25) is 0 Å². The van der Waals surface area contributed by atoms with E-state index in [0.717, 1.165) is 5.56 Å². The molecular weight excluding hydrogens is 361 g/mol. The van der Waals surface area contributed by atoms with Crippen LogP contribution in [0.15, 0.2) is 53.1 Å². The van der Waals surface area contributed by atoms with Crippen LogP contribution in [0.5, 0.6) is 5.75 Å². The Morgan fingerprint density at radius 3 is 2.82 bits per heavy atom. The van der Waals surface area contributed by atoms with Crippen LogP contribution >= 0.6 is 0 Å². The third-order valence-corrected chi connectivity index (χ3v) is 4.78. The molecule has 0 saturated carbocycles. The van der Waals surface area contributed by atoms with Crippen LogP contribution in [-0.4, -0.2) is 27.6 Å². The molecule has 1 atom stereocenters. The number of halogens is 1. The number of aromatic nitrogens is 2. The molecule has 1 saturated heterocycles. The van der Waals surface area contributed by atoms with E-state index >= 15 is 0 Å². The minimum Gasteiger partial charge on any atom is -0.493 e. The third-order valence-electron chi connectivity index (χ3n) is 4.78. The Morgan fingerprint density at radius 1 is 1.21 bits per heavy atom. The molecule has 1 aromatic heterocycles. The largest absolute Gasteiger partial charge is 0.493 e. The van der Waals surface area contributed by atoms with E-state index in [4.69, 9.17) is 9.26 Å². The van der Waals surface area contributed by atoms with Crippen molar-refractivity contribution in [2.45, 2.75) is 32.4 Å². The zero-order valence-corrected chi connectivity index (χ0v) is 15.5. The molecule has 6 nitrogen and oxygen atoms in total. The lowest BCUT2D eigenvalue weighted by Gasteiger charge is -2.22. The molecular formula is C21H20FN3O3. The SMILES string of the molecule is CCOc1ccccc1-c1noc(C2CCC(=O)N2Cc2ccccc2F)n1. The molecule has 1 fully saturated rings. The Morgan fingerprint density at radius 2 is 2.00 bits per heavy atom. The van der Waals surface area contributed by atoms with Crippen molar-refractivity contribution in [2.24, 2.45) is 0 Å². The minimum atomic E-state index is -0.368. The lowest BCUT2D eigenvalue weighted by Crippen LogP contribution is -2.27. The van der Waals surface area contributed by atoms with Crippen molar-refractivity contribution < 1.29 is 18.4 Å². The number of ether oxygens (including phenoxy) is 1. The van der Waals surface area contributed by atoms with Crippen LogP contribution < -0.4 is 4.74 Å². The number of hydrogen-bond donors (Lipinski definition) is 0. The summed E-state index contributed by atoms with van der Waals surface area (Å²) in [6, 6.07) is 13.5. The highest BCUT2D eigenvalue weighted by Crippen LogP contribution is 2.35. The molecule has 1 aliphatic heterocycles. The van der Waals surface area contributed by atoms with Crippen LogP contribution in [0.4, 0.5) is 4.39 Å². The first-order valence-electron chi connectivity index (χ1n) is 9.26. The lowest BCUT2D eigenvalue weighted by atomic mass is 10.1. The number of carbonyl (C=O) groups excluding carboxylic acids is 1. The first-order valence-corrected chi connectivity index (χ1v) is 9.26. The van der Waals surface area contributed by atoms with Gasteiger partial charge in [-0.1, -0.05) is 35.5 Å². The molecule has 7 heteroatoms. The van der Waals surface area contributed by atoms with E-state index in [1.165, 1.54) is 6.07 Å². The highest BCUT2D eigenvalue weighted by Gasteiger charge is 2.36. The molecule has 0 aliphatic carbocycles. The predicted octanol–water partition coefficient (Wildman–Crippen LogP) is 4.14. The summed E-state index contributed by atoms with van der Waals surface area (Å²) in [6.45, 7) is 2.60. The van der Waals surface area contributed by atoms with Crippen molar-refractivity contribution >= 4 is 5.91 Å². The van der Waals surface area contributed by atoms with E-state index in [9.17, 15) is 9.18 Å². The van der Waals surface area contributed by atoms with E-state index in [0.29, 0.717) is 42.5 Å². The van der Waals surface area contributed by atoms with Crippen molar-refractivity contribution in [3.63, 3.8) is 0 Å². The van der Waals surface area contributed by atoms with E-state index in [-0.39, 0.29) is 24.3 Å². The first-order chi connectivity index (χ1) is 13.7. The number of benzene rings is 2. The summed E-state index contributed by atoms with van der Waals surface area (Å²) >= 11 is 0. The number of para-hydroxylation sites is 1. The van der Waals surface area contributed by atoms with Gasteiger partial charge in [0.05, 0.1) is 12.2 Å². The number of carbonyl (C=O) groups is 1. The molecule has 28 heavy (non-hydrogen) atoms. The summed E-state index contributed by atoms with van der Waals surface area (Å²) in [5.74, 6) is 1.04. The molecule has 0 N–H and O–H groups in total. The maximum Gasteiger partial charge on any atom is 0.249 e. The van der Waals surface area contributed by atoms with Gasteiger partial charge in [0, 0.05) is 18.5 Å². The Bertz CT molecular complexity index is 988. The van der Waals surface area contributed by atoms with Gasteiger partial charge < -0.3 is 14.2 Å². The lowest BCUT2D eigenvalue weighted by molar-refractivity contribution is -0.130. The molecule has 2 aromatic carbocycles. The van der Waals surface area contributed by atoms with Gasteiger partial charge in [-0.15, -0.1) is 0 Å². The van der Waals surface area contributed by atoms with Crippen LogP contribution in [0.25, 0.3) is 11.4 Å². The summed E-state index contributed by atoms with van der Waals surface area (Å²) in [5, 5.41) is 4.08. The topological polar surface area (TPSA) is 68.5 Å². The molecule has 0 spiro atoms. The normalized spacial score (nSPS) is 16.6. The highest BCUT2D eigenvalue weighted by atomic mass is 19.1. The summed E-state index contributed by atoms with van der Waals surface area (Å²) in [7, 11) is 0. The average molecular weight is 381 g/mol. The number of hydrogen-bond acceptors (Lipinski definition) is 5. The minimum absolute atomic E-state index is 0.0530. The van der Waals surface area contributed by atoms with Crippen LogP contribution in [0, 0.1) is 5.82 Å². The first kappa shape index (κ1) is 18.2. The Labute approximate surface area is 161 Å². The van der Waals surface area contributed by atoms with Gasteiger partial charge in [0.1, 0.15) is 17.6 Å². The van der Waals surface area contributed by atoms with Crippen LogP contribution in [-0.2, 0) is 11.3 Å². The van der Waals surface area contributed by atoms with Crippen molar-refractivity contribution in [3.05, 3.63) is 65.8 Å². The van der Waals surface area contributed by atoms with Gasteiger partial charge in [0.15, 0.2) is 0 Å². The van der Waals surface area contributed by atoms with E-state index < -0.39 is 0 Å². The van der Waals surface area contributed by atoms with E-state index in [2.05, 4.69) is 10.1 Å². The van der Waals surface area contributed by atoms with E-state index in [1.54, 1.807) is 23.1 Å². The van der Waals surface area contributed by atoms with Gasteiger partial charge in [0.25, 0.3) is 0 Å². The van der Waals surface area contributed by atoms with Crippen molar-refractivity contribution in [3.8, 4) is 17.1 Å². The highest BCUT2D eigenvalue weighted by molar-refractivity contribution is 5.79. The molecule has 0 radical (unpaired) electrons. The molecule has 4 rings (SSSR count). The maximum absolute atomic E-state index is 14.0. The zero-order chi connectivity index (χ0) is 19.5. The van der Waals surface area contributed by atoms with Crippen LogP contribution in [0.1, 0.15) is 37.3 Å². The van der Waals surface area contributed by atoms with Gasteiger partial charge >= 0.3 is 0 Å². The van der Waals surface area contributed by atoms with Crippen molar-refractivity contribution in [1.29, 1.82) is 0 Å². The van der Waals surface area contributed by atoms with Gasteiger partial charge in [-0.05, 0) is 31.5 Å². The summed E-state index contributed by atoms with van der Waals surface area (Å²) in [5.41, 5.74) is 1.19. The van der Waals surface area contributed by atoms with E-state index in [1.807, 2.05) is 31.2 Å². The predicted molar refractivity (Wildman–Crippen MR) is 99.8 cm³/mol. The fraction of sp³-hybridized carbons (Fsp3) is 0.286. The third kappa shape index (κ3) is 3.47. The van der Waals surface area contributed by atoms with Crippen LogP contribution in [0.3, 0.4) is 0 Å². The zero-order valence-electron chi connectivity index (χ0n) is 15.5. The smallest absolute Gasteiger partial charge is 0.249 e. The van der Waals surface area contributed by atoms with Gasteiger partial charge in [-0.3, -0.25) is 4.79 Å². The fourth-order valence-electron chi connectivity index (χ4n) is 3.41. The molecule has 0 bridgehead atoms. The second kappa shape index (κ2) is 7.80. The summed E-state index contributed by atoms with van der Waals surface area (Å²) in [6.07, 6.45) is 0.925. The molecule has 1 amide bonds. The average Bonchev–Trinajstić information content (AvgIpc) is 3.32. The fourth-order valence-corrected chi connectivity index (χ4v) is 3.41. The number of likely N-dealkylation sites (tertiary alicyclic amines) is 1. The number of amides is 1.